The number of para-hydroxylation sites is 1. The van der Waals surface area contributed by atoms with Crippen LogP contribution in [0.3, 0.4) is 0 Å². The van der Waals surface area contributed by atoms with Crippen molar-refractivity contribution in [2.24, 2.45) is 0 Å². The highest BCUT2D eigenvalue weighted by atomic mass is 16.5. The molecule has 1 rings (SSSR count). The number of unbranched alkanes of at least 4 members (excludes halogenated alkanes) is 9. The Morgan fingerprint density at radius 2 is 1.46 bits per heavy atom. The highest BCUT2D eigenvalue weighted by Gasteiger charge is 2.13. The first-order chi connectivity index (χ1) is 11.7. The molecule has 0 radical (unpaired) electrons. The van der Waals surface area contributed by atoms with Crippen LogP contribution < -0.4 is 10.1 Å². The van der Waals surface area contributed by atoms with Gasteiger partial charge in [-0.05, 0) is 25.5 Å². The SMILES string of the molecule is CCCCCCCCCCCCNC(=O)[C@H](C)Oc1ccccc1. The maximum absolute atomic E-state index is 12.0. The van der Waals surface area contributed by atoms with E-state index in [4.69, 9.17) is 4.74 Å². The Kier molecular flexibility index (Phi) is 11.9. The number of hydrogen-bond acceptors (Lipinski definition) is 2. The van der Waals surface area contributed by atoms with Crippen LogP contribution in [-0.2, 0) is 4.79 Å². The molecule has 136 valence electrons. The number of amides is 1. The fourth-order valence-electron chi connectivity index (χ4n) is 2.72. The van der Waals surface area contributed by atoms with Crippen molar-refractivity contribution in [2.75, 3.05) is 6.54 Å². The van der Waals surface area contributed by atoms with Gasteiger partial charge in [0.15, 0.2) is 6.10 Å². The summed E-state index contributed by atoms with van der Waals surface area (Å²) in [5, 5.41) is 2.96. The summed E-state index contributed by atoms with van der Waals surface area (Å²) >= 11 is 0. The molecule has 0 bridgehead atoms. The summed E-state index contributed by atoms with van der Waals surface area (Å²) in [6, 6.07) is 9.48. The van der Waals surface area contributed by atoms with E-state index < -0.39 is 6.10 Å². The molecule has 3 nitrogen and oxygen atoms in total. The zero-order valence-corrected chi connectivity index (χ0v) is 15.6. The van der Waals surface area contributed by atoms with Crippen LogP contribution in [0, 0.1) is 0 Å². The van der Waals surface area contributed by atoms with Gasteiger partial charge in [0.1, 0.15) is 5.75 Å². The van der Waals surface area contributed by atoms with Crippen LogP contribution in [0.25, 0.3) is 0 Å². The summed E-state index contributed by atoms with van der Waals surface area (Å²) < 4.78 is 5.61. The Bertz CT molecular complexity index is 419. The minimum atomic E-state index is -0.449. The van der Waals surface area contributed by atoms with E-state index in [-0.39, 0.29) is 5.91 Å². The first kappa shape index (κ1) is 20.5. The van der Waals surface area contributed by atoms with Crippen molar-refractivity contribution in [1.82, 2.24) is 5.32 Å². The zero-order valence-electron chi connectivity index (χ0n) is 15.6. The van der Waals surface area contributed by atoms with E-state index in [1.807, 2.05) is 30.3 Å². The fourth-order valence-corrected chi connectivity index (χ4v) is 2.72. The molecule has 0 unspecified atom stereocenters. The minimum absolute atomic E-state index is 0.0326. The number of carbonyl (C=O) groups excluding carboxylic acids is 1. The predicted molar refractivity (Wildman–Crippen MR) is 101 cm³/mol. The second-order valence-corrected chi connectivity index (χ2v) is 6.55. The molecule has 0 aliphatic heterocycles. The van der Waals surface area contributed by atoms with E-state index in [0.717, 1.165) is 18.7 Å². The molecule has 1 atom stereocenters. The normalized spacial score (nSPS) is 11.9. The van der Waals surface area contributed by atoms with Crippen molar-refractivity contribution in [2.45, 2.75) is 84.2 Å². The fraction of sp³-hybridized carbons (Fsp3) is 0.667. The second kappa shape index (κ2) is 13.9. The summed E-state index contributed by atoms with van der Waals surface area (Å²) in [4.78, 5) is 12.0. The van der Waals surface area contributed by atoms with E-state index in [0.29, 0.717) is 0 Å². The first-order valence-electron chi connectivity index (χ1n) is 9.73. The molecule has 1 aromatic carbocycles. The second-order valence-electron chi connectivity index (χ2n) is 6.55. The molecule has 0 aliphatic rings. The monoisotopic (exact) mass is 333 g/mol. The summed E-state index contributed by atoms with van der Waals surface area (Å²) in [6.45, 7) is 4.80. The van der Waals surface area contributed by atoms with Gasteiger partial charge in [0.05, 0.1) is 0 Å². The highest BCUT2D eigenvalue weighted by Crippen LogP contribution is 2.11. The third-order valence-electron chi connectivity index (χ3n) is 4.25. The predicted octanol–water partition coefficient (Wildman–Crippen LogP) is 5.49. The standard InChI is InChI=1S/C21H35NO2/c1-3-4-5-6-7-8-9-10-11-15-18-22-21(23)19(2)24-20-16-13-12-14-17-20/h12-14,16-17,19H,3-11,15,18H2,1-2H3,(H,22,23)/t19-/m0/s1. The van der Waals surface area contributed by atoms with Crippen molar-refractivity contribution in [3.63, 3.8) is 0 Å². The molecule has 0 fully saturated rings. The molecule has 0 spiro atoms. The van der Waals surface area contributed by atoms with Gasteiger partial charge in [0, 0.05) is 6.54 Å². The summed E-state index contributed by atoms with van der Waals surface area (Å²) in [5.41, 5.74) is 0. The number of carbonyl (C=O) groups is 1. The number of ether oxygens (including phenoxy) is 1. The largest absolute Gasteiger partial charge is 0.481 e. The van der Waals surface area contributed by atoms with Crippen LogP contribution >= 0.6 is 0 Å². The smallest absolute Gasteiger partial charge is 0.260 e. The van der Waals surface area contributed by atoms with Gasteiger partial charge in [0.2, 0.25) is 0 Å². The van der Waals surface area contributed by atoms with Crippen LogP contribution in [0.1, 0.15) is 78.1 Å². The van der Waals surface area contributed by atoms with Crippen molar-refractivity contribution in [3.8, 4) is 5.75 Å². The maximum atomic E-state index is 12.0. The zero-order chi connectivity index (χ0) is 17.5. The molecule has 3 heteroatoms. The van der Waals surface area contributed by atoms with E-state index in [9.17, 15) is 4.79 Å². The van der Waals surface area contributed by atoms with E-state index >= 15 is 0 Å². The number of benzene rings is 1. The average Bonchev–Trinajstić information content (AvgIpc) is 2.60. The molecule has 0 saturated carbocycles. The Labute approximate surface area is 148 Å². The van der Waals surface area contributed by atoms with Gasteiger partial charge >= 0.3 is 0 Å². The Morgan fingerprint density at radius 3 is 2.04 bits per heavy atom. The third-order valence-corrected chi connectivity index (χ3v) is 4.25. The molecule has 0 aliphatic carbocycles. The van der Waals surface area contributed by atoms with Crippen LogP contribution in [0.5, 0.6) is 5.75 Å². The molecule has 1 aromatic rings. The van der Waals surface area contributed by atoms with Gasteiger partial charge in [-0.15, -0.1) is 0 Å². The third kappa shape index (κ3) is 10.3. The first-order valence-corrected chi connectivity index (χ1v) is 9.73. The topological polar surface area (TPSA) is 38.3 Å². The lowest BCUT2D eigenvalue weighted by Crippen LogP contribution is -2.36. The molecule has 0 heterocycles. The molecule has 1 amide bonds. The summed E-state index contributed by atoms with van der Waals surface area (Å²) in [6.07, 6.45) is 12.6. The van der Waals surface area contributed by atoms with Gasteiger partial charge in [-0.2, -0.15) is 0 Å². The van der Waals surface area contributed by atoms with Crippen LogP contribution in [0.15, 0.2) is 30.3 Å². The van der Waals surface area contributed by atoms with Crippen molar-refractivity contribution < 1.29 is 9.53 Å². The molecule has 1 N–H and O–H groups in total. The van der Waals surface area contributed by atoms with Crippen LogP contribution in [0.2, 0.25) is 0 Å². The Morgan fingerprint density at radius 1 is 0.917 bits per heavy atom. The van der Waals surface area contributed by atoms with Gasteiger partial charge in [0.25, 0.3) is 5.91 Å². The number of nitrogens with one attached hydrogen (secondary N) is 1. The van der Waals surface area contributed by atoms with E-state index in [1.165, 1.54) is 57.8 Å². The van der Waals surface area contributed by atoms with Gasteiger partial charge in [-0.3, -0.25) is 4.79 Å². The molecular weight excluding hydrogens is 298 g/mol. The van der Waals surface area contributed by atoms with Gasteiger partial charge < -0.3 is 10.1 Å². The summed E-state index contributed by atoms with van der Waals surface area (Å²) in [7, 11) is 0. The Balaban J connectivity index is 1.94. The lowest BCUT2D eigenvalue weighted by Gasteiger charge is -2.14. The highest BCUT2D eigenvalue weighted by molar-refractivity contribution is 5.80. The molecule has 0 saturated heterocycles. The van der Waals surface area contributed by atoms with Gasteiger partial charge in [-0.1, -0.05) is 82.9 Å². The van der Waals surface area contributed by atoms with Crippen molar-refractivity contribution >= 4 is 5.91 Å². The van der Waals surface area contributed by atoms with Crippen LogP contribution in [-0.4, -0.2) is 18.6 Å². The Hall–Kier alpha value is -1.51. The van der Waals surface area contributed by atoms with Gasteiger partial charge in [-0.25, -0.2) is 0 Å². The van der Waals surface area contributed by atoms with Crippen molar-refractivity contribution in [1.29, 1.82) is 0 Å². The van der Waals surface area contributed by atoms with E-state index in [1.54, 1.807) is 6.92 Å². The van der Waals surface area contributed by atoms with Crippen molar-refractivity contribution in [3.05, 3.63) is 30.3 Å². The molecular formula is C21H35NO2. The number of hydrogen-bond donors (Lipinski definition) is 1. The quantitative estimate of drug-likeness (QED) is 0.457. The average molecular weight is 334 g/mol. The summed E-state index contributed by atoms with van der Waals surface area (Å²) in [5.74, 6) is 0.703. The lowest BCUT2D eigenvalue weighted by atomic mass is 10.1. The molecule has 24 heavy (non-hydrogen) atoms. The van der Waals surface area contributed by atoms with E-state index in [2.05, 4.69) is 12.2 Å². The van der Waals surface area contributed by atoms with Crippen LogP contribution in [0.4, 0.5) is 0 Å². The minimum Gasteiger partial charge on any atom is -0.481 e. The maximum Gasteiger partial charge on any atom is 0.260 e. The molecule has 0 aromatic heterocycles. The lowest BCUT2D eigenvalue weighted by molar-refractivity contribution is -0.127. The number of rotatable bonds is 14.